The average molecular weight is 724 g/mol. The van der Waals surface area contributed by atoms with Crippen LogP contribution in [0.1, 0.15) is 162 Å². The van der Waals surface area contributed by atoms with Crippen LogP contribution in [0, 0.1) is 0 Å². The smallest absolute Gasteiger partial charge is 0.472 e. The lowest BCUT2D eigenvalue weighted by Crippen LogP contribution is -2.27. The number of rotatable bonds is 37. The molecule has 0 aliphatic rings. The van der Waals surface area contributed by atoms with E-state index in [2.05, 4.69) is 62.5 Å². The molecule has 0 radical (unpaired) electrons. The molecule has 0 saturated carbocycles. The number of phosphoric ester groups is 1. The van der Waals surface area contributed by atoms with Crippen LogP contribution < -0.4 is 5.73 Å². The van der Waals surface area contributed by atoms with Gasteiger partial charge in [-0.1, -0.05) is 120 Å². The van der Waals surface area contributed by atoms with Gasteiger partial charge in [0.25, 0.3) is 0 Å². The number of unbranched alkanes of at least 4 members (excludes halogenated alkanes) is 16. The number of nitrogens with two attached hydrogens (primary N) is 1. The first-order chi connectivity index (χ1) is 24.4. The second-order valence-corrected chi connectivity index (χ2v) is 14.3. The molecule has 50 heavy (non-hydrogen) atoms. The van der Waals surface area contributed by atoms with Gasteiger partial charge < -0.3 is 20.1 Å². The molecule has 8 nitrogen and oxygen atoms in total. The lowest BCUT2D eigenvalue weighted by Gasteiger charge is -2.19. The molecule has 1 unspecified atom stereocenters. The van der Waals surface area contributed by atoms with Gasteiger partial charge in [-0.2, -0.15) is 0 Å². The summed E-state index contributed by atoms with van der Waals surface area (Å²) in [5.41, 5.74) is 5.35. The number of carbonyl (C=O) groups excluding carboxylic acids is 1. The number of phosphoric acid groups is 1. The second kappa shape index (κ2) is 38.3. The van der Waals surface area contributed by atoms with Crippen molar-refractivity contribution in [1.29, 1.82) is 0 Å². The molecule has 0 aromatic heterocycles. The van der Waals surface area contributed by atoms with Crippen molar-refractivity contribution in [2.45, 2.75) is 168 Å². The van der Waals surface area contributed by atoms with Crippen molar-refractivity contribution in [3.05, 3.63) is 60.9 Å². The number of ether oxygens (including phenoxy) is 2. The average Bonchev–Trinajstić information content (AvgIpc) is 3.10. The Morgan fingerprint density at radius 1 is 0.620 bits per heavy atom. The maximum Gasteiger partial charge on any atom is 0.472 e. The van der Waals surface area contributed by atoms with Crippen LogP contribution in [-0.4, -0.2) is 43.3 Å². The molecule has 0 fully saturated rings. The second-order valence-electron chi connectivity index (χ2n) is 12.8. The van der Waals surface area contributed by atoms with Crippen LogP contribution in [-0.2, 0) is 27.9 Å². The van der Waals surface area contributed by atoms with Crippen LogP contribution >= 0.6 is 7.82 Å². The third kappa shape index (κ3) is 37.3. The Bertz CT molecular complexity index is 947. The van der Waals surface area contributed by atoms with Crippen LogP contribution in [0.5, 0.6) is 0 Å². The molecule has 0 aromatic carbocycles. The van der Waals surface area contributed by atoms with E-state index in [1.807, 2.05) is 6.08 Å². The Labute approximate surface area is 306 Å². The molecule has 0 heterocycles. The Kier molecular flexibility index (Phi) is 36.8. The van der Waals surface area contributed by atoms with E-state index in [1.54, 1.807) is 6.26 Å². The molecule has 9 heteroatoms. The largest absolute Gasteiger partial charge is 0.498 e. The quantitative estimate of drug-likeness (QED) is 0.0214. The van der Waals surface area contributed by atoms with Crippen molar-refractivity contribution in [2.24, 2.45) is 5.73 Å². The molecular formula is C41H74NO7P. The molecule has 2 atom stereocenters. The summed E-state index contributed by atoms with van der Waals surface area (Å²) in [6.45, 7) is 4.13. The summed E-state index contributed by atoms with van der Waals surface area (Å²) >= 11 is 0. The molecule has 0 aliphatic carbocycles. The molecule has 0 saturated heterocycles. The predicted octanol–water partition coefficient (Wildman–Crippen LogP) is 11.8. The van der Waals surface area contributed by atoms with Crippen LogP contribution in [0.4, 0.5) is 0 Å². The molecule has 0 bridgehead atoms. The predicted molar refractivity (Wildman–Crippen MR) is 210 cm³/mol. The van der Waals surface area contributed by atoms with E-state index in [4.69, 9.17) is 24.3 Å². The highest BCUT2D eigenvalue weighted by Crippen LogP contribution is 2.43. The molecular weight excluding hydrogens is 649 g/mol. The molecule has 0 rings (SSSR count). The number of hydrogen-bond acceptors (Lipinski definition) is 7. The first-order valence-electron chi connectivity index (χ1n) is 19.8. The van der Waals surface area contributed by atoms with Gasteiger partial charge in [0.15, 0.2) is 6.10 Å². The van der Waals surface area contributed by atoms with Gasteiger partial charge in [-0.15, -0.1) is 0 Å². The standard InChI is InChI=1S/C41H74NO7P/c1-3-5-7-9-11-13-15-17-19-21-23-25-27-29-31-33-36-46-38-40(39-48-50(44,45)47-37-35-42)49-41(43)34-32-30-28-26-24-22-20-18-16-14-12-10-8-6-4-2/h12-15,18,20,24,26,33,36,40H,3-11,16-17,19,21-23,25,27-32,34-35,37-39,42H2,1-2H3,(H,44,45)/t40-/m1/s1. The Balaban J connectivity index is 4.22. The van der Waals surface area contributed by atoms with E-state index >= 15 is 0 Å². The van der Waals surface area contributed by atoms with Crippen LogP contribution in [0.25, 0.3) is 0 Å². The summed E-state index contributed by atoms with van der Waals surface area (Å²) in [5, 5.41) is 0. The Morgan fingerprint density at radius 3 is 1.66 bits per heavy atom. The highest BCUT2D eigenvalue weighted by Gasteiger charge is 2.25. The van der Waals surface area contributed by atoms with Gasteiger partial charge in [0.2, 0.25) is 0 Å². The molecule has 0 aromatic rings. The normalized spacial score (nSPS) is 14.2. The first kappa shape index (κ1) is 48.0. The van der Waals surface area contributed by atoms with Crippen molar-refractivity contribution in [3.63, 3.8) is 0 Å². The third-order valence-corrected chi connectivity index (χ3v) is 8.96. The third-order valence-electron chi connectivity index (χ3n) is 7.97. The Morgan fingerprint density at radius 2 is 1.08 bits per heavy atom. The fraction of sp³-hybridized carbons (Fsp3) is 0.732. The molecule has 0 spiro atoms. The zero-order chi connectivity index (χ0) is 36.6. The molecule has 290 valence electrons. The monoisotopic (exact) mass is 724 g/mol. The number of hydrogen-bond donors (Lipinski definition) is 2. The maximum absolute atomic E-state index is 12.5. The highest BCUT2D eigenvalue weighted by molar-refractivity contribution is 7.47. The van der Waals surface area contributed by atoms with E-state index < -0.39 is 19.9 Å². The zero-order valence-corrected chi connectivity index (χ0v) is 32.8. The number of allylic oxidation sites excluding steroid dienone is 9. The minimum absolute atomic E-state index is 0.0111. The SMILES string of the molecule is CCCCCC=CCC=CCC=CCCCCC(=O)O[C@H](COC=CCCCCCCCCC=CCCCCCC)COP(=O)(O)OCCN. The van der Waals surface area contributed by atoms with Crippen molar-refractivity contribution in [1.82, 2.24) is 0 Å². The Hall–Kier alpha value is -1.96. The minimum atomic E-state index is -4.30. The van der Waals surface area contributed by atoms with Gasteiger partial charge in [0.1, 0.15) is 6.61 Å². The fourth-order valence-electron chi connectivity index (χ4n) is 5.02. The number of carbonyl (C=O) groups is 1. The first-order valence-corrected chi connectivity index (χ1v) is 21.3. The maximum atomic E-state index is 12.5. The summed E-state index contributed by atoms with van der Waals surface area (Å²) in [6, 6.07) is 0. The van der Waals surface area contributed by atoms with Gasteiger partial charge in [-0.3, -0.25) is 13.8 Å². The van der Waals surface area contributed by atoms with Gasteiger partial charge in [-0.25, -0.2) is 4.57 Å². The van der Waals surface area contributed by atoms with E-state index in [0.717, 1.165) is 38.5 Å². The van der Waals surface area contributed by atoms with Gasteiger partial charge >= 0.3 is 13.8 Å². The van der Waals surface area contributed by atoms with Crippen LogP contribution in [0.2, 0.25) is 0 Å². The van der Waals surface area contributed by atoms with E-state index in [0.29, 0.717) is 6.42 Å². The highest BCUT2D eigenvalue weighted by atomic mass is 31.2. The van der Waals surface area contributed by atoms with Crippen molar-refractivity contribution < 1.29 is 32.8 Å². The lowest BCUT2D eigenvalue weighted by atomic mass is 10.1. The topological polar surface area (TPSA) is 117 Å². The fourth-order valence-corrected chi connectivity index (χ4v) is 5.79. The summed E-state index contributed by atoms with van der Waals surface area (Å²) < 4.78 is 33.0. The summed E-state index contributed by atoms with van der Waals surface area (Å²) in [7, 11) is -4.30. The van der Waals surface area contributed by atoms with Crippen molar-refractivity contribution in [2.75, 3.05) is 26.4 Å². The summed E-state index contributed by atoms with van der Waals surface area (Å²) in [5.74, 6) is -0.394. The van der Waals surface area contributed by atoms with E-state index in [9.17, 15) is 14.3 Å². The van der Waals surface area contributed by atoms with Crippen LogP contribution in [0.3, 0.4) is 0 Å². The molecule has 0 amide bonds. The van der Waals surface area contributed by atoms with Gasteiger partial charge in [-0.05, 0) is 89.5 Å². The summed E-state index contributed by atoms with van der Waals surface area (Å²) in [6.07, 6.45) is 46.1. The zero-order valence-electron chi connectivity index (χ0n) is 31.9. The van der Waals surface area contributed by atoms with E-state index in [1.165, 1.54) is 96.3 Å². The molecule has 3 N–H and O–H groups in total. The van der Waals surface area contributed by atoms with E-state index in [-0.39, 0.29) is 32.8 Å². The van der Waals surface area contributed by atoms with Crippen LogP contribution in [0.15, 0.2) is 60.9 Å². The van der Waals surface area contributed by atoms with Crippen molar-refractivity contribution >= 4 is 13.8 Å². The van der Waals surface area contributed by atoms with Crippen molar-refractivity contribution in [3.8, 4) is 0 Å². The summed E-state index contributed by atoms with van der Waals surface area (Å²) in [4.78, 5) is 22.4. The van der Waals surface area contributed by atoms with Gasteiger partial charge in [0.05, 0.1) is 19.5 Å². The number of esters is 1. The lowest BCUT2D eigenvalue weighted by molar-refractivity contribution is -0.153. The van der Waals surface area contributed by atoms with Gasteiger partial charge in [0, 0.05) is 13.0 Å². The minimum Gasteiger partial charge on any atom is -0.498 e. The molecule has 0 aliphatic heterocycles.